The third kappa shape index (κ3) is 4.65. The van der Waals surface area contributed by atoms with Crippen molar-refractivity contribution in [3.63, 3.8) is 0 Å². The summed E-state index contributed by atoms with van der Waals surface area (Å²) in [5.74, 6) is 1.07. The minimum atomic E-state index is -0.260. The molecule has 0 bridgehead atoms. The van der Waals surface area contributed by atoms with Gasteiger partial charge in [0.05, 0.1) is 12.1 Å². The summed E-state index contributed by atoms with van der Waals surface area (Å²) in [6, 6.07) is 12.2. The van der Waals surface area contributed by atoms with Gasteiger partial charge in [-0.1, -0.05) is 11.6 Å². The van der Waals surface area contributed by atoms with E-state index in [0.717, 1.165) is 10.2 Å². The average molecular weight is 371 g/mol. The van der Waals surface area contributed by atoms with E-state index in [1.807, 2.05) is 0 Å². The Balaban J connectivity index is 1.87. The van der Waals surface area contributed by atoms with Crippen LogP contribution in [-0.2, 0) is 4.79 Å². The van der Waals surface area contributed by atoms with Gasteiger partial charge in [-0.2, -0.15) is 0 Å². The molecule has 0 radical (unpaired) electrons. The number of methoxy groups -OCH3 is 1. The van der Waals surface area contributed by atoms with Crippen molar-refractivity contribution in [2.45, 2.75) is 0 Å². The summed E-state index contributed by atoms with van der Waals surface area (Å²) in [4.78, 5) is 11.8. The lowest BCUT2D eigenvalue weighted by atomic mass is 10.3. The molecule has 1 N–H and O–H groups in total. The van der Waals surface area contributed by atoms with E-state index < -0.39 is 0 Å². The molecule has 110 valence electrons. The predicted molar refractivity (Wildman–Crippen MR) is 86.3 cm³/mol. The number of hydrogen-bond donors (Lipinski definition) is 1. The van der Waals surface area contributed by atoms with Crippen molar-refractivity contribution in [1.82, 2.24) is 0 Å². The minimum absolute atomic E-state index is 0.0833. The van der Waals surface area contributed by atoms with Gasteiger partial charge in [0.15, 0.2) is 6.61 Å². The van der Waals surface area contributed by atoms with Crippen LogP contribution in [0.4, 0.5) is 5.69 Å². The smallest absolute Gasteiger partial charge is 0.262 e. The Hall–Kier alpha value is -1.72. The third-order valence-corrected chi connectivity index (χ3v) is 3.87. The van der Waals surface area contributed by atoms with Crippen LogP contribution in [0.15, 0.2) is 46.9 Å². The summed E-state index contributed by atoms with van der Waals surface area (Å²) < 4.78 is 11.2. The Kier molecular flexibility index (Phi) is 5.47. The maximum Gasteiger partial charge on any atom is 0.262 e. The Labute approximate surface area is 136 Å². The van der Waals surface area contributed by atoms with Crippen molar-refractivity contribution in [1.29, 1.82) is 0 Å². The number of hydrogen-bond acceptors (Lipinski definition) is 3. The van der Waals surface area contributed by atoms with Crippen LogP contribution in [0.25, 0.3) is 0 Å². The maximum atomic E-state index is 11.8. The number of anilines is 1. The summed E-state index contributed by atoms with van der Waals surface area (Å²) in [5.41, 5.74) is 0.617. The highest BCUT2D eigenvalue weighted by atomic mass is 79.9. The second kappa shape index (κ2) is 7.33. The van der Waals surface area contributed by atoms with Gasteiger partial charge < -0.3 is 14.8 Å². The molecular weight excluding hydrogens is 358 g/mol. The topological polar surface area (TPSA) is 47.6 Å². The summed E-state index contributed by atoms with van der Waals surface area (Å²) in [7, 11) is 1.59. The lowest BCUT2D eigenvalue weighted by molar-refractivity contribution is -0.118. The van der Waals surface area contributed by atoms with Crippen molar-refractivity contribution in [3.05, 3.63) is 52.0 Å². The third-order valence-electron chi connectivity index (χ3n) is 2.63. The second-order valence-electron chi connectivity index (χ2n) is 4.14. The van der Waals surface area contributed by atoms with E-state index in [1.165, 1.54) is 0 Å². The predicted octanol–water partition coefficient (Wildman–Crippen LogP) is 4.13. The number of benzene rings is 2. The number of amides is 1. The van der Waals surface area contributed by atoms with E-state index in [0.29, 0.717) is 16.5 Å². The van der Waals surface area contributed by atoms with Crippen LogP contribution in [0.1, 0.15) is 0 Å². The van der Waals surface area contributed by atoms with Gasteiger partial charge in [0.2, 0.25) is 0 Å². The van der Waals surface area contributed by atoms with Gasteiger partial charge in [-0.25, -0.2) is 0 Å². The zero-order valence-corrected chi connectivity index (χ0v) is 13.6. The zero-order chi connectivity index (χ0) is 15.2. The van der Waals surface area contributed by atoms with Crippen molar-refractivity contribution in [3.8, 4) is 11.5 Å². The second-order valence-corrected chi connectivity index (χ2v) is 5.40. The van der Waals surface area contributed by atoms with Crippen LogP contribution in [0.5, 0.6) is 11.5 Å². The molecule has 0 aliphatic heterocycles. The number of rotatable bonds is 5. The Morgan fingerprint density at radius 2 is 1.86 bits per heavy atom. The normalized spacial score (nSPS) is 10.0. The van der Waals surface area contributed by atoms with E-state index in [-0.39, 0.29) is 12.5 Å². The van der Waals surface area contributed by atoms with Crippen LogP contribution >= 0.6 is 27.5 Å². The summed E-state index contributed by atoms with van der Waals surface area (Å²) in [6.07, 6.45) is 0. The molecule has 21 heavy (non-hydrogen) atoms. The molecule has 2 aromatic carbocycles. The summed E-state index contributed by atoms with van der Waals surface area (Å²) in [6.45, 7) is -0.0833. The van der Waals surface area contributed by atoms with E-state index >= 15 is 0 Å². The molecule has 0 aliphatic rings. The average Bonchev–Trinajstić information content (AvgIpc) is 2.49. The monoisotopic (exact) mass is 369 g/mol. The fourth-order valence-corrected chi connectivity index (χ4v) is 2.02. The molecule has 6 heteroatoms. The molecule has 0 spiro atoms. The molecule has 1 amide bonds. The van der Waals surface area contributed by atoms with Gasteiger partial charge in [-0.15, -0.1) is 0 Å². The molecule has 0 atom stereocenters. The molecule has 0 aliphatic carbocycles. The van der Waals surface area contributed by atoms with Crippen LogP contribution < -0.4 is 14.8 Å². The van der Waals surface area contributed by atoms with E-state index in [9.17, 15) is 4.79 Å². The number of nitrogens with one attached hydrogen (secondary N) is 1. The summed E-state index contributed by atoms with van der Waals surface area (Å²) >= 11 is 9.25. The molecule has 0 fully saturated rings. The Morgan fingerprint density at radius 1 is 1.19 bits per heavy atom. The van der Waals surface area contributed by atoms with Gasteiger partial charge >= 0.3 is 0 Å². The van der Waals surface area contributed by atoms with Gasteiger partial charge in [0.1, 0.15) is 11.5 Å². The van der Waals surface area contributed by atoms with Crippen molar-refractivity contribution >= 4 is 39.1 Å². The van der Waals surface area contributed by atoms with Crippen LogP contribution in [0.2, 0.25) is 5.02 Å². The van der Waals surface area contributed by atoms with Gasteiger partial charge in [-0.05, 0) is 58.4 Å². The molecule has 0 saturated heterocycles. The first kappa shape index (κ1) is 15.7. The van der Waals surface area contributed by atoms with Crippen LogP contribution in [0, 0.1) is 0 Å². The highest BCUT2D eigenvalue weighted by Gasteiger charge is 2.05. The van der Waals surface area contributed by atoms with Crippen molar-refractivity contribution in [2.75, 3.05) is 19.0 Å². The number of carbonyl (C=O) groups is 1. The molecule has 0 saturated carbocycles. The number of halogens is 2. The minimum Gasteiger partial charge on any atom is -0.497 e. The lowest BCUT2D eigenvalue weighted by Gasteiger charge is -2.08. The van der Waals surface area contributed by atoms with E-state index in [2.05, 4.69) is 21.2 Å². The first-order valence-electron chi connectivity index (χ1n) is 6.10. The lowest BCUT2D eigenvalue weighted by Crippen LogP contribution is -2.20. The highest BCUT2D eigenvalue weighted by Crippen LogP contribution is 2.25. The Bertz CT molecular complexity index is 631. The zero-order valence-electron chi connectivity index (χ0n) is 11.2. The quantitative estimate of drug-likeness (QED) is 0.861. The van der Waals surface area contributed by atoms with Gasteiger partial charge in [-0.3, -0.25) is 4.79 Å². The van der Waals surface area contributed by atoms with Crippen LogP contribution in [-0.4, -0.2) is 19.6 Å². The Morgan fingerprint density at radius 3 is 2.48 bits per heavy atom. The molecule has 0 aromatic heterocycles. The summed E-state index contributed by atoms with van der Waals surface area (Å²) in [5, 5.41) is 3.24. The molecule has 2 rings (SSSR count). The van der Waals surface area contributed by atoms with Gasteiger partial charge in [0, 0.05) is 10.2 Å². The fraction of sp³-hybridized carbons (Fsp3) is 0.133. The molecule has 0 unspecified atom stereocenters. The SMILES string of the molecule is COc1ccc(OCC(=O)Nc2ccc(Br)c(Cl)c2)cc1. The van der Waals surface area contributed by atoms with E-state index in [1.54, 1.807) is 49.6 Å². The molecule has 2 aromatic rings. The van der Waals surface area contributed by atoms with Gasteiger partial charge in [0.25, 0.3) is 5.91 Å². The molecule has 0 heterocycles. The molecule has 4 nitrogen and oxygen atoms in total. The molecular formula is C15H13BrClNO3. The standard InChI is InChI=1S/C15H13BrClNO3/c1-20-11-3-5-12(6-4-11)21-9-15(19)18-10-2-7-13(16)14(17)8-10/h2-8H,9H2,1H3,(H,18,19). The largest absolute Gasteiger partial charge is 0.497 e. The first-order valence-corrected chi connectivity index (χ1v) is 7.27. The maximum absolute atomic E-state index is 11.8. The number of ether oxygens (including phenoxy) is 2. The van der Waals surface area contributed by atoms with Crippen molar-refractivity contribution in [2.24, 2.45) is 0 Å². The van der Waals surface area contributed by atoms with Crippen molar-refractivity contribution < 1.29 is 14.3 Å². The first-order chi connectivity index (χ1) is 10.1. The van der Waals surface area contributed by atoms with E-state index in [4.69, 9.17) is 21.1 Å². The highest BCUT2D eigenvalue weighted by molar-refractivity contribution is 9.10. The fourth-order valence-electron chi connectivity index (χ4n) is 1.59. The number of carbonyl (C=O) groups excluding carboxylic acids is 1. The van der Waals surface area contributed by atoms with Crippen LogP contribution in [0.3, 0.4) is 0 Å².